The lowest BCUT2D eigenvalue weighted by Crippen LogP contribution is -2.29. The number of anilines is 1. The van der Waals surface area contributed by atoms with Crippen molar-refractivity contribution in [1.29, 1.82) is 0 Å². The molecule has 1 heterocycles. The van der Waals surface area contributed by atoms with Crippen LogP contribution in [0.2, 0.25) is 0 Å². The number of halogens is 1. The Bertz CT molecular complexity index is 527. The summed E-state index contributed by atoms with van der Waals surface area (Å²) in [5, 5.41) is 11.7. The Morgan fingerprint density at radius 2 is 2.28 bits per heavy atom. The number of hydrogen-bond acceptors (Lipinski definition) is 4. The molecular formula is C11H16BrN3O2S. The summed E-state index contributed by atoms with van der Waals surface area (Å²) in [6.45, 7) is 1.89. The molecule has 1 aliphatic rings. The van der Waals surface area contributed by atoms with Crippen LogP contribution in [0.1, 0.15) is 12.8 Å². The molecule has 1 atom stereocenters. The molecule has 0 saturated carbocycles. The van der Waals surface area contributed by atoms with E-state index in [4.69, 9.17) is 5.14 Å². The molecule has 18 heavy (non-hydrogen) atoms. The van der Waals surface area contributed by atoms with E-state index in [0.29, 0.717) is 10.5 Å². The number of nitrogens with two attached hydrogens (primary N) is 1. The van der Waals surface area contributed by atoms with E-state index >= 15 is 0 Å². The van der Waals surface area contributed by atoms with Gasteiger partial charge in [-0.25, -0.2) is 13.6 Å². The Morgan fingerprint density at radius 1 is 1.50 bits per heavy atom. The van der Waals surface area contributed by atoms with E-state index in [9.17, 15) is 8.42 Å². The molecule has 0 bridgehead atoms. The third-order valence-corrected chi connectivity index (χ3v) is 4.54. The normalized spacial score (nSPS) is 20.0. The van der Waals surface area contributed by atoms with Gasteiger partial charge >= 0.3 is 0 Å². The van der Waals surface area contributed by atoms with Crippen LogP contribution in [0.25, 0.3) is 0 Å². The maximum absolute atomic E-state index is 11.2. The van der Waals surface area contributed by atoms with Crippen molar-refractivity contribution < 1.29 is 8.42 Å². The molecule has 1 aromatic rings. The van der Waals surface area contributed by atoms with Crippen LogP contribution in [-0.4, -0.2) is 27.5 Å². The fourth-order valence-electron chi connectivity index (χ4n) is 1.98. The molecule has 0 amide bonds. The average molecular weight is 334 g/mol. The lowest BCUT2D eigenvalue weighted by molar-refractivity contribution is 0.597. The lowest BCUT2D eigenvalue weighted by Gasteiger charge is -2.14. The van der Waals surface area contributed by atoms with Crippen LogP contribution in [0.3, 0.4) is 0 Å². The average Bonchev–Trinajstić information content (AvgIpc) is 2.79. The first kappa shape index (κ1) is 13.8. The molecule has 4 N–H and O–H groups in total. The Labute approximate surface area is 115 Å². The van der Waals surface area contributed by atoms with Crippen molar-refractivity contribution in [2.24, 2.45) is 5.14 Å². The van der Waals surface area contributed by atoms with Crippen molar-refractivity contribution in [3.05, 3.63) is 22.7 Å². The van der Waals surface area contributed by atoms with Crippen molar-refractivity contribution in [1.82, 2.24) is 5.32 Å². The second-order valence-corrected chi connectivity index (χ2v) is 6.78. The van der Waals surface area contributed by atoms with E-state index in [1.54, 1.807) is 6.07 Å². The van der Waals surface area contributed by atoms with Gasteiger partial charge in [-0.1, -0.05) is 0 Å². The minimum absolute atomic E-state index is 0.110. The summed E-state index contributed by atoms with van der Waals surface area (Å²) in [5.41, 5.74) is 0.871. The van der Waals surface area contributed by atoms with Gasteiger partial charge in [0.25, 0.3) is 0 Å². The van der Waals surface area contributed by atoms with Crippen LogP contribution in [0, 0.1) is 0 Å². The Hall–Kier alpha value is -0.630. The number of sulfonamides is 1. The molecule has 5 nitrogen and oxygen atoms in total. The van der Waals surface area contributed by atoms with Crippen molar-refractivity contribution in [2.75, 3.05) is 18.4 Å². The highest BCUT2D eigenvalue weighted by atomic mass is 79.9. The summed E-state index contributed by atoms with van der Waals surface area (Å²) < 4.78 is 23.1. The van der Waals surface area contributed by atoms with Crippen molar-refractivity contribution >= 4 is 31.6 Å². The minimum Gasteiger partial charge on any atom is -0.383 e. The molecule has 1 fully saturated rings. The van der Waals surface area contributed by atoms with Gasteiger partial charge in [0.05, 0.1) is 4.90 Å². The van der Waals surface area contributed by atoms with Gasteiger partial charge in [-0.05, 0) is 53.5 Å². The van der Waals surface area contributed by atoms with Crippen molar-refractivity contribution in [3.8, 4) is 0 Å². The summed E-state index contributed by atoms with van der Waals surface area (Å²) in [7, 11) is -3.64. The van der Waals surface area contributed by atoms with Gasteiger partial charge in [0, 0.05) is 22.7 Å². The quantitative estimate of drug-likeness (QED) is 0.774. The number of benzene rings is 1. The van der Waals surface area contributed by atoms with E-state index < -0.39 is 10.0 Å². The van der Waals surface area contributed by atoms with E-state index in [1.807, 2.05) is 0 Å². The van der Waals surface area contributed by atoms with Crippen LogP contribution in [0.5, 0.6) is 0 Å². The first-order valence-corrected chi connectivity index (χ1v) is 8.10. The zero-order chi connectivity index (χ0) is 13.2. The fraction of sp³-hybridized carbons (Fsp3) is 0.455. The van der Waals surface area contributed by atoms with Crippen LogP contribution in [0.4, 0.5) is 5.69 Å². The molecule has 0 spiro atoms. The van der Waals surface area contributed by atoms with Crippen LogP contribution < -0.4 is 15.8 Å². The number of primary sulfonamides is 1. The summed E-state index contributed by atoms with van der Waals surface area (Å²) >= 11 is 3.35. The fourth-order valence-corrected chi connectivity index (χ4v) is 3.19. The van der Waals surface area contributed by atoms with Gasteiger partial charge in [0.1, 0.15) is 0 Å². The highest BCUT2D eigenvalue weighted by Gasteiger charge is 2.14. The van der Waals surface area contributed by atoms with Crippen molar-refractivity contribution in [3.63, 3.8) is 0 Å². The second-order valence-electron chi connectivity index (χ2n) is 4.36. The highest BCUT2D eigenvalue weighted by molar-refractivity contribution is 9.10. The molecule has 7 heteroatoms. The van der Waals surface area contributed by atoms with E-state index in [1.165, 1.54) is 25.0 Å². The van der Waals surface area contributed by atoms with Gasteiger partial charge in [-0.3, -0.25) is 0 Å². The zero-order valence-corrected chi connectivity index (χ0v) is 12.2. The first-order chi connectivity index (χ1) is 8.47. The molecule has 1 aliphatic heterocycles. The van der Waals surface area contributed by atoms with Crippen LogP contribution in [-0.2, 0) is 10.0 Å². The molecule has 1 unspecified atom stereocenters. The molecule has 1 aromatic carbocycles. The van der Waals surface area contributed by atoms with Gasteiger partial charge in [0.2, 0.25) is 10.0 Å². The maximum Gasteiger partial charge on any atom is 0.238 e. The Kier molecular flexibility index (Phi) is 4.26. The number of nitrogens with one attached hydrogen (secondary N) is 2. The molecule has 100 valence electrons. The monoisotopic (exact) mass is 333 g/mol. The predicted octanol–water partition coefficient (Wildman–Crippen LogP) is 1.26. The van der Waals surface area contributed by atoms with Gasteiger partial charge in [-0.2, -0.15) is 0 Å². The molecule has 1 saturated heterocycles. The SMILES string of the molecule is NS(=O)(=O)c1ccc(NCC2CCCN2)c(Br)c1. The molecule has 2 rings (SSSR count). The topological polar surface area (TPSA) is 84.2 Å². The predicted molar refractivity (Wildman–Crippen MR) is 75.0 cm³/mol. The summed E-state index contributed by atoms with van der Waals surface area (Å²) in [5.74, 6) is 0. The third-order valence-electron chi connectivity index (χ3n) is 2.97. The van der Waals surface area contributed by atoms with Crippen LogP contribution >= 0.6 is 15.9 Å². The van der Waals surface area contributed by atoms with Gasteiger partial charge < -0.3 is 10.6 Å². The molecular weight excluding hydrogens is 318 g/mol. The molecule has 0 aromatic heterocycles. The van der Waals surface area contributed by atoms with Gasteiger partial charge in [-0.15, -0.1) is 0 Å². The Balaban J connectivity index is 2.05. The van der Waals surface area contributed by atoms with E-state index in [-0.39, 0.29) is 4.90 Å². The van der Waals surface area contributed by atoms with E-state index in [2.05, 4.69) is 26.6 Å². The number of hydrogen-bond donors (Lipinski definition) is 3. The Morgan fingerprint density at radius 3 is 2.83 bits per heavy atom. The molecule has 0 radical (unpaired) electrons. The van der Waals surface area contributed by atoms with Gasteiger partial charge in [0.15, 0.2) is 0 Å². The van der Waals surface area contributed by atoms with E-state index in [0.717, 1.165) is 18.8 Å². The van der Waals surface area contributed by atoms with Crippen LogP contribution in [0.15, 0.2) is 27.6 Å². The second kappa shape index (κ2) is 5.56. The van der Waals surface area contributed by atoms with Crippen molar-refractivity contribution in [2.45, 2.75) is 23.8 Å². The highest BCUT2D eigenvalue weighted by Crippen LogP contribution is 2.25. The maximum atomic E-state index is 11.2. The smallest absolute Gasteiger partial charge is 0.238 e. The third kappa shape index (κ3) is 3.44. The zero-order valence-electron chi connectivity index (χ0n) is 9.82. The standard InChI is InChI=1S/C11H16BrN3O2S/c12-10-6-9(18(13,16)17)3-4-11(10)15-7-8-2-1-5-14-8/h3-4,6,8,14-15H,1-2,5,7H2,(H2,13,16,17). The summed E-state index contributed by atoms with van der Waals surface area (Å²) in [4.78, 5) is 0.110. The minimum atomic E-state index is -3.64. The largest absolute Gasteiger partial charge is 0.383 e. The molecule has 0 aliphatic carbocycles. The number of rotatable bonds is 4. The lowest BCUT2D eigenvalue weighted by atomic mass is 10.2. The summed E-state index contributed by atoms with van der Waals surface area (Å²) in [6, 6.07) is 5.22. The summed E-state index contributed by atoms with van der Waals surface area (Å²) in [6.07, 6.45) is 2.37. The first-order valence-electron chi connectivity index (χ1n) is 5.76.